The molecule has 1 nitrogen and oxygen atoms in total. The molecular weight excluding hydrogens is 301 g/mol. The molecule has 0 aromatic heterocycles. The molecule has 0 aliphatic rings. The first kappa shape index (κ1) is 15.7. The van der Waals surface area contributed by atoms with Crippen LogP contribution in [0.25, 0.3) is 0 Å². The molecule has 5 heteroatoms. The maximum atomic E-state index is 12.2. The highest BCUT2D eigenvalue weighted by molar-refractivity contribution is 6.20. The zero-order valence-corrected chi connectivity index (χ0v) is 11.9. The lowest BCUT2D eigenvalue weighted by Crippen LogP contribution is -2.17. The molecule has 0 heterocycles. The molecule has 0 radical (unpaired) electrons. The van der Waals surface area contributed by atoms with Gasteiger partial charge in [0.2, 0.25) is 0 Å². The third-order valence-corrected chi connectivity index (χ3v) is 3.45. The second-order valence-corrected chi connectivity index (χ2v) is 5.14. The van der Waals surface area contributed by atoms with E-state index < -0.39 is 6.36 Å². The van der Waals surface area contributed by atoms with E-state index in [0.29, 0.717) is 12.8 Å². The van der Waals surface area contributed by atoms with Crippen molar-refractivity contribution in [1.29, 1.82) is 0 Å². The third kappa shape index (κ3) is 5.31. The van der Waals surface area contributed by atoms with Crippen LogP contribution in [0.5, 0.6) is 5.75 Å². The van der Waals surface area contributed by atoms with Gasteiger partial charge in [0.1, 0.15) is 5.75 Å². The van der Waals surface area contributed by atoms with E-state index >= 15 is 0 Å². The topological polar surface area (TPSA) is 9.23 Å². The number of hydrogen-bond acceptors (Lipinski definition) is 1. The van der Waals surface area contributed by atoms with Crippen LogP contribution in [-0.2, 0) is 6.42 Å². The molecule has 2 aromatic carbocycles. The molecule has 0 N–H and O–H groups in total. The molecule has 1 unspecified atom stereocenters. The number of alkyl halides is 4. The van der Waals surface area contributed by atoms with Crippen molar-refractivity contribution >= 4 is 11.6 Å². The number of hydrogen-bond donors (Lipinski definition) is 0. The quantitative estimate of drug-likeness (QED) is 0.662. The van der Waals surface area contributed by atoms with Gasteiger partial charge in [-0.15, -0.1) is 24.8 Å². The van der Waals surface area contributed by atoms with E-state index in [9.17, 15) is 13.2 Å². The van der Waals surface area contributed by atoms with E-state index in [1.54, 1.807) is 12.1 Å². The van der Waals surface area contributed by atoms with Gasteiger partial charge in [-0.1, -0.05) is 42.5 Å². The van der Waals surface area contributed by atoms with Gasteiger partial charge in [-0.3, -0.25) is 0 Å². The zero-order chi connectivity index (χ0) is 15.3. The van der Waals surface area contributed by atoms with E-state index in [1.807, 2.05) is 30.3 Å². The van der Waals surface area contributed by atoms with Gasteiger partial charge < -0.3 is 4.74 Å². The van der Waals surface area contributed by atoms with Crippen LogP contribution in [0.4, 0.5) is 13.2 Å². The molecule has 0 spiro atoms. The lowest BCUT2D eigenvalue weighted by molar-refractivity contribution is -0.274. The van der Waals surface area contributed by atoms with E-state index in [2.05, 4.69) is 4.74 Å². The Balaban J connectivity index is 1.96. The predicted octanol–water partition coefficient (Wildman–Crippen LogP) is 5.50. The van der Waals surface area contributed by atoms with Gasteiger partial charge in [-0.25, -0.2) is 0 Å². The number of benzene rings is 2. The Morgan fingerprint density at radius 2 is 1.71 bits per heavy atom. The second kappa shape index (κ2) is 6.85. The molecule has 2 aromatic rings. The molecule has 0 fully saturated rings. The van der Waals surface area contributed by atoms with Gasteiger partial charge in [0.25, 0.3) is 0 Å². The normalized spacial score (nSPS) is 13.0. The molecule has 0 aliphatic heterocycles. The summed E-state index contributed by atoms with van der Waals surface area (Å²) in [6.45, 7) is 0. The first-order valence-electron chi connectivity index (χ1n) is 6.48. The highest BCUT2D eigenvalue weighted by Crippen LogP contribution is 2.27. The summed E-state index contributed by atoms with van der Waals surface area (Å²) in [5.41, 5.74) is 1.76. The fourth-order valence-corrected chi connectivity index (χ4v) is 2.27. The van der Waals surface area contributed by atoms with Crippen molar-refractivity contribution in [1.82, 2.24) is 0 Å². The highest BCUT2D eigenvalue weighted by atomic mass is 35.5. The summed E-state index contributed by atoms with van der Waals surface area (Å²) in [6, 6.07) is 15.6. The fraction of sp³-hybridized carbons (Fsp3) is 0.250. The van der Waals surface area contributed by atoms with Gasteiger partial charge in [-0.05, 0) is 36.1 Å². The van der Waals surface area contributed by atoms with Crippen LogP contribution < -0.4 is 4.74 Å². The smallest absolute Gasteiger partial charge is 0.406 e. The van der Waals surface area contributed by atoms with Crippen LogP contribution in [0.1, 0.15) is 22.9 Å². The summed E-state index contributed by atoms with van der Waals surface area (Å²) in [6.07, 6.45) is -3.45. The maximum Gasteiger partial charge on any atom is 0.573 e. The number of ether oxygens (including phenoxy) is 1. The van der Waals surface area contributed by atoms with Crippen molar-refractivity contribution in [2.45, 2.75) is 24.6 Å². The average Bonchev–Trinajstić information content (AvgIpc) is 2.44. The number of aryl methyl sites for hydroxylation is 1. The first-order valence-corrected chi connectivity index (χ1v) is 6.91. The fourth-order valence-electron chi connectivity index (χ4n) is 2.02. The molecule has 0 aliphatic carbocycles. The Kier molecular flexibility index (Phi) is 5.12. The van der Waals surface area contributed by atoms with E-state index in [-0.39, 0.29) is 11.1 Å². The Morgan fingerprint density at radius 1 is 1.00 bits per heavy atom. The lowest BCUT2D eigenvalue weighted by atomic mass is 10.0. The number of halogens is 4. The van der Waals surface area contributed by atoms with E-state index in [0.717, 1.165) is 11.1 Å². The molecule has 0 saturated carbocycles. The SMILES string of the molecule is FC(F)(F)Oc1cccc(CCC(Cl)c2ccccc2)c1. The molecule has 112 valence electrons. The van der Waals surface area contributed by atoms with Gasteiger partial charge >= 0.3 is 6.36 Å². The van der Waals surface area contributed by atoms with Crippen molar-refractivity contribution in [3.63, 3.8) is 0 Å². The Labute approximate surface area is 126 Å². The van der Waals surface area contributed by atoms with Crippen molar-refractivity contribution in [2.24, 2.45) is 0 Å². The van der Waals surface area contributed by atoms with Crippen molar-refractivity contribution < 1.29 is 17.9 Å². The maximum absolute atomic E-state index is 12.2. The Morgan fingerprint density at radius 3 is 2.38 bits per heavy atom. The summed E-state index contributed by atoms with van der Waals surface area (Å²) >= 11 is 6.29. The van der Waals surface area contributed by atoms with Crippen LogP contribution in [0.15, 0.2) is 54.6 Å². The molecule has 2 rings (SSSR count). The summed E-state index contributed by atoms with van der Waals surface area (Å²) in [5.74, 6) is -0.203. The third-order valence-electron chi connectivity index (χ3n) is 2.98. The zero-order valence-electron chi connectivity index (χ0n) is 11.1. The van der Waals surface area contributed by atoms with Gasteiger partial charge in [0, 0.05) is 0 Å². The van der Waals surface area contributed by atoms with Crippen LogP contribution in [-0.4, -0.2) is 6.36 Å². The van der Waals surface area contributed by atoms with Crippen LogP contribution >= 0.6 is 11.6 Å². The lowest BCUT2D eigenvalue weighted by Gasteiger charge is -2.12. The summed E-state index contributed by atoms with van der Waals surface area (Å²) < 4.78 is 40.4. The second-order valence-electron chi connectivity index (χ2n) is 4.61. The Bertz CT molecular complexity index is 569. The first-order chi connectivity index (χ1) is 9.94. The van der Waals surface area contributed by atoms with Gasteiger partial charge in [0.05, 0.1) is 5.38 Å². The molecule has 0 bridgehead atoms. The van der Waals surface area contributed by atoms with Gasteiger partial charge in [0.15, 0.2) is 0 Å². The average molecular weight is 315 g/mol. The minimum Gasteiger partial charge on any atom is -0.406 e. The standard InChI is InChI=1S/C16H14ClF3O/c17-15(13-6-2-1-3-7-13)10-9-12-5-4-8-14(11-12)21-16(18,19)20/h1-8,11,15H,9-10H2. The molecule has 0 amide bonds. The summed E-state index contributed by atoms with van der Waals surface area (Å²) in [5, 5.41) is -0.168. The van der Waals surface area contributed by atoms with Crippen LogP contribution in [0.2, 0.25) is 0 Å². The molecule has 21 heavy (non-hydrogen) atoms. The van der Waals surface area contributed by atoms with Crippen molar-refractivity contribution in [3.8, 4) is 5.75 Å². The largest absolute Gasteiger partial charge is 0.573 e. The van der Waals surface area contributed by atoms with Crippen molar-refractivity contribution in [3.05, 3.63) is 65.7 Å². The molecule has 0 saturated heterocycles. The van der Waals surface area contributed by atoms with Gasteiger partial charge in [-0.2, -0.15) is 0 Å². The highest BCUT2D eigenvalue weighted by Gasteiger charge is 2.31. The van der Waals surface area contributed by atoms with Crippen LogP contribution in [0.3, 0.4) is 0 Å². The summed E-state index contributed by atoms with van der Waals surface area (Å²) in [7, 11) is 0. The molecule has 1 atom stereocenters. The minimum atomic E-state index is -4.67. The predicted molar refractivity (Wildman–Crippen MR) is 76.5 cm³/mol. The van der Waals surface area contributed by atoms with Crippen LogP contribution in [0, 0.1) is 0 Å². The van der Waals surface area contributed by atoms with E-state index in [1.165, 1.54) is 12.1 Å². The van der Waals surface area contributed by atoms with E-state index in [4.69, 9.17) is 11.6 Å². The Hall–Kier alpha value is -1.68. The summed E-state index contributed by atoms with van der Waals surface area (Å²) in [4.78, 5) is 0. The monoisotopic (exact) mass is 314 g/mol. The number of rotatable bonds is 5. The molecular formula is C16H14ClF3O. The van der Waals surface area contributed by atoms with Crippen molar-refractivity contribution in [2.75, 3.05) is 0 Å². The minimum absolute atomic E-state index is 0.168.